The minimum Gasteiger partial charge on any atom is -0.493 e. The van der Waals surface area contributed by atoms with Crippen molar-refractivity contribution in [3.05, 3.63) is 102 Å². The predicted molar refractivity (Wildman–Crippen MR) is 167 cm³/mol. The average Bonchev–Trinajstić information content (AvgIpc) is 2.98. The third-order valence-electron chi connectivity index (χ3n) is 6.76. The number of hydrogen-bond acceptors (Lipinski definition) is 7. The van der Waals surface area contributed by atoms with Crippen LogP contribution in [0, 0.1) is 20.8 Å². The molecule has 4 aromatic carbocycles. The summed E-state index contributed by atoms with van der Waals surface area (Å²) in [5.41, 5.74) is 3.93. The van der Waals surface area contributed by atoms with E-state index in [2.05, 4.69) is 10.0 Å². The molecule has 0 fully saturated rings. The molecule has 0 aliphatic rings. The molecular formula is C31H33N3O7S2. The lowest BCUT2D eigenvalue weighted by Gasteiger charge is -2.24. The van der Waals surface area contributed by atoms with Gasteiger partial charge in [0.05, 0.1) is 29.7 Å². The van der Waals surface area contributed by atoms with Crippen LogP contribution in [0.4, 0.5) is 17.1 Å². The van der Waals surface area contributed by atoms with Gasteiger partial charge in [-0.15, -0.1) is 0 Å². The summed E-state index contributed by atoms with van der Waals surface area (Å²) in [6, 6.07) is 21.8. The lowest BCUT2D eigenvalue weighted by molar-refractivity contribution is -0.114. The molecule has 10 nitrogen and oxygen atoms in total. The zero-order chi connectivity index (χ0) is 31.4. The summed E-state index contributed by atoms with van der Waals surface area (Å²) < 4.78 is 67.4. The number of ether oxygens (including phenoxy) is 2. The smallest absolute Gasteiger partial charge is 0.264 e. The van der Waals surface area contributed by atoms with E-state index in [1.807, 2.05) is 26.8 Å². The van der Waals surface area contributed by atoms with Crippen LogP contribution in [-0.2, 0) is 24.8 Å². The van der Waals surface area contributed by atoms with Crippen LogP contribution in [0.1, 0.15) is 16.7 Å². The molecule has 0 atom stereocenters. The lowest BCUT2D eigenvalue weighted by atomic mass is 10.1. The normalized spacial score (nSPS) is 11.5. The molecule has 0 aliphatic heterocycles. The quantitative estimate of drug-likeness (QED) is 0.233. The minimum absolute atomic E-state index is 0.000963. The van der Waals surface area contributed by atoms with Crippen molar-refractivity contribution in [3.8, 4) is 11.5 Å². The Bertz CT molecular complexity index is 1840. The molecule has 1 amide bonds. The van der Waals surface area contributed by atoms with Gasteiger partial charge in [-0.05, 0) is 92.6 Å². The van der Waals surface area contributed by atoms with Gasteiger partial charge >= 0.3 is 0 Å². The molecule has 0 unspecified atom stereocenters. The second-order valence-corrected chi connectivity index (χ2v) is 13.4. The molecule has 2 N–H and O–H groups in total. The number of methoxy groups -OCH3 is 2. The van der Waals surface area contributed by atoms with Crippen LogP contribution in [-0.4, -0.2) is 43.5 Å². The lowest BCUT2D eigenvalue weighted by Crippen LogP contribution is -2.38. The molecule has 0 saturated carbocycles. The Labute approximate surface area is 252 Å². The monoisotopic (exact) mass is 623 g/mol. The number of amides is 1. The zero-order valence-electron chi connectivity index (χ0n) is 24.4. The summed E-state index contributed by atoms with van der Waals surface area (Å²) in [5, 5.41) is 2.65. The van der Waals surface area contributed by atoms with Gasteiger partial charge in [0, 0.05) is 17.4 Å². The number of anilines is 3. The highest BCUT2D eigenvalue weighted by atomic mass is 32.2. The molecule has 43 heavy (non-hydrogen) atoms. The van der Waals surface area contributed by atoms with E-state index in [0.29, 0.717) is 17.1 Å². The van der Waals surface area contributed by atoms with E-state index >= 15 is 0 Å². The van der Waals surface area contributed by atoms with Gasteiger partial charge in [-0.2, -0.15) is 0 Å². The molecule has 12 heteroatoms. The maximum Gasteiger partial charge on any atom is 0.264 e. The number of aryl methyl sites for hydroxylation is 3. The summed E-state index contributed by atoms with van der Waals surface area (Å²) in [6.45, 7) is 5.15. The number of rotatable bonds is 11. The van der Waals surface area contributed by atoms with E-state index in [9.17, 15) is 21.6 Å². The van der Waals surface area contributed by atoms with Gasteiger partial charge in [0.1, 0.15) is 6.54 Å². The first-order chi connectivity index (χ1) is 20.3. The average molecular weight is 624 g/mol. The Morgan fingerprint density at radius 1 is 0.698 bits per heavy atom. The predicted octanol–water partition coefficient (Wildman–Crippen LogP) is 5.26. The highest BCUT2D eigenvalue weighted by Crippen LogP contribution is 2.32. The molecule has 0 bridgehead atoms. The molecule has 0 heterocycles. The van der Waals surface area contributed by atoms with Gasteiger partial charge in [-0.25, -0.2) is 16.8 Å². The van der Waals surface area contributed by atoms with Crippen LogP contribution in [0.2, 0.25) is 0 Å². The summed E-state index contributed by atoms with van der Waals surface area (Å²) in [4.78, 5) is 13.1. The van der Waals surface area contributed by atoms with Crippen LogP contribution >= 0.6 is 0 Å². The van der Waals surface area contributed by atoms with Crippen molar-refractivity contribution in [3.63, 3.8) is 0 Å². The molecular weight excluding hydrogens is 590 g/mol. The Morgan fingerprint density at radius 2 is 1.30 bits per heavy atom. The molecule has 0 spiro atoms. The zero-order valence-corrected chi connectivity index (χ0v) is 26.0. The van der Waals surface area contributed by atoms with Gasteiger partial charge in [0.2, 0.25) is 5.91 Å². The first-order valence-corrected chi connectivity index (χ1v) is 16.1. The van der Waals surface area contributed by atoms with Crippen LogP contribution in [0.5, 0.6) is 11.5 Å². The minimum atomic E-state index is -4.22. The first-order valence-electron chi connectivity index (χ1n) is 13.2. The van der Waals surface area contributed by atoms with E-state index < -0.39 is 32.5 Å². The second-order valence-electron chi connectivity index (χ2n) is 9.84. The molecule has 0 aliphatic carbocycles. The number of carbonyl (C=O) groups is 1. The Balaban J connectivity index is 1.55. The summed E-state index contributed by atoms with van der Waals surface area (Å²) in [5.74, 6) is -0.0527. The van der Waals surface area contributed by atoms with Crippen molar-refractivity contribution >= 4 is 43.0 Å². The van der Waals surface area contributed by atoms with Crippen molar-refractivity contribution in [1.82, 2.24) is 0 Å². The molecule has 4 aromatic rings. The Morgan fingerprint density at radius 3 is 1.91 bits per heavy atom. The van der Waals surface area contributed by atoms with Gasteiger partial charge in [-0.3, -0.25) is 13.8 Å². The van der Waals surface area contributed by atoms with E-state index in [1.54, 1.807) is 36.4 Å². The van der Waals surface area contributed by atoms with Crippen LogP contribution in [0.3, 0.4) is 0 Å². The summed E-state index contributed by atoms with van der Waals surface area (Å²) in [7, 11) is -5.26. The number of benzene rings is 4. The molecule has 0 saturated heterocycles. The number of hydrogen-bond donors (Lipinski definition) is 2. The standard InChI is InChI=1S/C31H33N3O7S2/c1-21-6-12-26(13-7-21)34(43(38,39)28-16-17-29(40-4)30(19-28)41-5)20-31(35)32-24-10-14-27(15-11-24)42(36,37)33-25-9-8-22(2)23(3)18-25/h6-19,33H,20H2,1-5H3,(H,32,35). The van der Waals surface area contributed by atoms with Crippen LogP contribution in [0.15, 0.2) is 94.7 Å². The largest absolute Gasteiger partial charge is 0.493 e. The van der Waals surface area contributed by atoms with E-state index in [1.165, 1.54) is 56.7 Å². The van der Waals surface area contributed by atoms with Crippen molar-refractivity contribution in [2.24, 2.45) is 0 Å². The SMILES string of the molecule is COc1ccc(S(=O)(=O)N(CC(=O)Nc2ccc(S(=O)(=O)Nc3ccc(C)c(C)c3)cc2)c2ccc(C)cc2)cc1OC. The third-order valence-corrected chi connectivity index (χ3v) is 9.93. The number of nitrogens with zero attached hydrogens (tertiary/aromatic N) is 1. The molecule has 226 valence electrons. The van der Waals surface area contributed by atoms with Crippen molar-refractivity contribution < 1.29 is 31.1 Å². The number of sulfonamides is 2. The highest BCUT2D eigenvalue weighted by molar-refractivity contribution is 7.93. The molecule has 0 aromatic heterocycles. The van der Waals surface area contributed by atoms with E-state index in [0.717, 1.165) is 21.0 Å². The van der Waals surface area contributed by atoms with Gasteiger partial charge in [0.25, 0.3) is 20.0 Å². The Kier molecular flexibility index (Phi) is 9.31. The van der Waals surface area contributed by atoms with Crippen molar-refractivity contribution in [2.45, 2.75) is 30.6 Å². The Hall–Kier alpha value is -4.55. The second kappa shape index (κ2) is 12.8. The van der Waals surface area contributed by atoms with Crippen LogP contribution < -0.4 is 23.8 Å². The van der Waals surface area contributed by atoms with Gasteiger partial charge < -0.3 is 14.8 Å². The molecule has 4 rings (SSSR count). The van der Waals surface area contributed by atoms with Gasteiger partial charge in [0.15, 0.2) is 11.5 Å². The number of nitrogens with one attached hydrogen (secondary N) is 2. The third kappa shape index (κ3) is 7.27. The van der Waals surface area contributed by atoms with Crippen LogP contribution in [0.25, 0.3) is 0 Å². The summed E-state index contributed by atoms with van der Waals surface area (Å²) >= 11 is 0. The topological polar surface area (TPSA) is 131 Å². The highest BCUT2D eigenvalue weighted by Gasteiger charge is 2.28. The van der Waals surface area contributed by atoms with Crippen molar-refractivity contribution in [1.29, 1.82) is 0 Å². The maximum absolute atomic E-state index is 13.8. The number of carbonyl (C=O) groups excluding carboxylic acids is 1. The van der Waals surface area contributed by atoms with Gasteiger partial charge in [-0.1, -0.05) is 23.8 Å². The maximum atomic E-state index is 13.8. The fourth-order valence-corrected chi connectivity index (χ4v) is 6.68. The van der Waals surface area contributed by atoms with Crippen molar-refractivity contribution in [2.75, 3.05) is 35.1 Å². The first kappa shape index (κ1) is 31.4. The summed E-state index contributed by atoms with van der Waals surface area (Å²) in [6.07, 6.45) is 0. The van der Waals surface area contributed by atoms with E-state index in [4.69, 9.17) is 9.47 Å². The van der Waals surface area contributed by atoms with E-state index in [-0.39, 0.29) is 21.2 Å². The fourth-order valence-electron chi connectivity index (χ4n) is 4.20. The fraction of sp³-hybridized carbons (Fsp3) is 0.194. The molecule has 0 radical (unpaired) electrons.